The van der Waals surface area contributed by atoms with Crippen molar-refractivity contribution >= 4 is 6.09 Å². The predicted octanol–water partition coefficient (Wildman–Crippen LogP) is 2.86. The molecule has 0 bridgehead atoms. The van der Waals surface area contributed by atoms with Gasteiger partial charge in [-0.2, -0.15) is 0 Å². The van der Waals surface area contributed by atoms with Crippen molar-refractivity contribution in [1.29, 1.82) is 0 Å². The Morgan fingerprint density at radius 1 is 1.33 bits per heavy atom. The maximum Gasteiger partial charge on any atom is 0.407 e. The number of carbonyl (C=O) groups is 1. The normalized spacial score (nSPS) is 21.5. The van der Waals surface area contributed by atoms with Crippen molar-refractivity contribution in [2.24, 2.45) is 0 Å². The molecule has 0 saturated heterocycles. The highest BCUT2D eigenvalue weighted by Gasteiger charge is 2.35. The number of aromatic nitrogens is 2. The summed E-state index contributed by atoms with van der Waals surface area (Å²) in [6, 6.07) is 7.85. The first-order valence-corrected chi connectivity index (χ1v) is 7.01. The molecule has 1 aromatic carbocycles. The maximum absolute atomic E-state index is 11.7. The molecule has 2 atom stereocenters. The molecule has 5 heteroatoms. The van der Waals surface area contributed by atoms with Crippen LogP contribution in [0.3, 0.4) is 0 Å². The number of fused-ring (bicyclic) bond motifs is 1. The van der Waals surface area contributed by atoms with Crippen molar-refractivity contribution < 1.29 is 9.90 Å². The fourth-order valence-electron chi connectivity index (χ4n) is 3.12. The van der Waals surface area contributed by atoms with Crippen LogP contribution in [0.2, 0.25) is 0 Å². The molecule has 0 radical (unpaired) electrons. The predicted molar refractivity (Wildman–Crippen MR) is 78.1 cm³/mol. The van der Waals surface area contributed by atoms with Gasteiger partial charge in [-0.15, -0.1) is 0 Å². The van der Waals surface area contributed by atoms with Gasteiger partial charge in [0.1, 0.15) is 0 Å². The van der Waals surface area contributed by atoms with Crippen LogP contribution >= 0.6 is 0 Å². The van der Waals surface area contributed by atoms with Gasteiger partial charge in [-0.25, -0.2) is 4.79 Å². The summed E-state index contributed by atoms with van der Waals surface area (Å²) < 4.78 is 0. The third kappa shape index (κ3) is 2.46. The second-order valence-electron chi connectivity index (χ2n) is 5.29. The standard InChI is InChI=1S/C16H17N3O2/c1-11-13-5-3-2-4-12(13)6-9-19(16(20)21)15(11)14-10-17-7-8-18-14/h2-5,7-8,10-11,15H,6,9H2,1H3,(H,20,21). The van der Waals surface area contributed by atoms with E-state index >= 15 is 0 Å². The average Bonchev–Trinajstić information content (AvgIpc) is 2.66. The first kappa shape index (κ1) is 13.5. The van der Waals surface area contributed by atoms with Crippen molar-refractivity contribution in [2.75, 3.05) is 6.54 Å². The number of hydrogen-bond acceptors (Lipinski definition) is 3. The summed E-state index contributed by atoms with van der Waals surface area (Å²) in [5.41, 5.74) is 3.10. The topological polar surface area (TPSA) is 66.3 Å². The Bertz CT molecular complexity index is 645. The molecule has 1 aromatic heterocycles. The first-order valence-electron chi connectivity index (χ1n) is 7.01. The molecule has 2 heterocycles. The Kier molecular flexibility index (Phi) is 3.56. The number of nitrogens with zero attached hydrogens (tertiary/aromatic N) is 3. The lowest BCUT2D eigenvalue weighted by molar-refractivity contribution is 0.119. The summed E-state index contributed by atoms with van der Waals surface area (Å²) in [7, 11) is 0. The third-order valence-electron chi connectivity index (χ3n) is 4.11. The molecule has 0 fully saturated rings. The first-order chi connectivity index (χ1) is 10.2. The van der Waals surface area contributed by atoms with Gasteiger partial charge in [0.25, 0.3) is 0 Å². The van der Waals surface area contributed by atoms with E-state index in [1.54, 1.807) is 18.6 Å². The number of benzene rings is 1. The van der Waals surface area contributed by atoms with Gasteiger partial charge in [-0.05, 0) is 17.5 Å². The minimum absolute atomic E-state index is 0.0384. The quantitative estimate of drug-likeness (QED) is 0.874. The second-order valence-corrected chi connectivity index (χ2v) is 5.29. The lowest BCUT2D eigenvalue weighted by atomic mass is 9.88. The van der Waals surface area contributed by atoms with Crippen molar-refractivity contribution in [3.05, 3.63) is 59.7 Å². The number of rotatable bonds is 1. The zero-order valence-electron chi connectivity index (χ0n) is 11.8. The van der Waals surface area contributed by atoms with E-state index in [0.29, 0.717) is 12.2 Å². The fraction of sp³-hybridized carbons (Fsp3) is 0.312. The summed E-state index contributed by atoms with van der Waals surface area (Å²) in [6.45, 7) is 2.53. The molecule has 1 N–H and O–H groups in total. The molecule has 0 aliphatic carbocycles. The molecule has 3 rings (SSSR count). The van der Waals surface area contributed by atoms with E-state index in [1.165, 1.54) is 16.0 Å². The van der Waals surface area contributed by atoms with Gasteiger partial charge in [0, 0.05) is 24.9 Å². The van der Waals surface area contributed by atoms with E-state index < -0.39 is 6.09 Å². The fourth-order valence-corrected chi connectivity index (χ4v) is 3.12. The zero-order chi connectivity index (χ0) is 14.8. The molecule has 0 spiro atoms. The molecule has 1 aliphatic rings. The highest BCUT2D eigenvalue weighted by atomic mass is 16.4. The molecule has 2 unspecified atom stereocenters. The number of hydrogen-bond donors (Lipinski definition) is 1. The van der Waals surface area contributed by atoms with Crippen molar-refractivity contribution in [3.63, 3.8) is 0 Å². The van der Waals surface area contributed by atoms with Crippen LogP contribution in [0.25, 0.3) is 0 Å². The van der Waals surface area contributed by atoms with Crippen LogP contribution in [0.4, 0.5) is 4.79 Å². The lowest BCUT2D eigenvalue weighted by Gasteiger charge is -2.31. The van der Waals surface area contributed by atoms with E-state index in [1.807, 2.05) is 12.1 Å². The maximum atomic E-state index is 11.7. The number of carboxylic acid groups (broad SMARTS) is 1. The molecule has 108 valence electrons. The second kappa shape index (κ2) is 5.52. The van der Waals surface area contributed by atoms with E-state index in [2.05, 4.69) is 29.0 Å². The van der Waals surface area contributed by atoms with Gasteiger partial charge in [0.2, 0.25) is 0 Å². The monoisotopic (exact) mass is 283 g/mol. The smallest absolute Gasteiger partial charge is 0.407 e. The Morgan fingerprint density at radius 2 is 2.14 bits per heavy atom. The molecular weight excluding hydrogens is 266 g/mol. The Hall–Kier alpha value is -2.43. The van der Waals surface area contributed by atoms with Crippen LogP contribution in [0.5, 0.6) is 0 Å². The van der Waals surface area contributed by atoms with Crippen LogP contribution in [0, 0.1) is 0 Å². The van der Waals surface area contributed by atoms with Crippen molar-refractivity contribution in [2.45, 2.75) is 25.3 Å². The third-order valence-corrected chi connectivity index (χ3v) is 4.11. The minimum atomic E-state index is -0.912. The molecule has 2 aromatic rings. The van der Waals surface area contributed by atoms with E-state index in [0.717, 1.165) is 6.42 Å². The van der Waals surface area contributed by atoms with Gasteiger partial charge < -0.3 is 5.11 Å². The van der Waals surface area contributed by atoms with Crippen LogP contribution in [-0.2, 0) is 6.42 Å². The van der Waals surface area contributed by atoms with Crippen LogP contribution in [0.1, 0.15) is 35.7 Å². The highest BCUT2D eigenvalue weighted by Crippen LogP contribution is 2.38. The van der Waals surface area contributed by atoms with Gasteiger partial charge in [-0.3, -0.25) is 14.9 Å². The van der Waals surface area contributed by atoms with Crippen LogP contribution in [0.15, 0.2) is 42.9 Å². The summed E-state index contributed by atoms with van der Waals surface area (Å²) in [6.07, 6.45) is 4.68. The van der Waals surface area contributed by atoms with E-state index in [9.17, 15) is 9.90 Å². The van der Waals surface area contributed by atoms with E-state index in [-0.39, 0.29) is 12.0 Å². The SMILES string of the molecule is CC1c2ccccc2CCN(C(=O)O)C1c1cnccn1. The minimum Gasteiger partial charge on any atom is -0.465 e. The lowest BCUT2D eigenvalue weighted by Crippen LogP contribution is -2.36. The van der Waals surface area contributed by atoms with Crippen molar-refractivity contribution in [3.8, 4) is 0 Å². The summed E-state index contributed by atoms with van der Waals surface area (Å²) in [5, 5.41) is 9.57. The Balaban J connectivity index is 2.10. The number of amides is 1. The molecule has 5 nitrogen and oxygen atoms in total. The summed E-state index contributed by atoms with van der Waals surface area (Å²) in [4.78, 5) is 21.6. The van der Waals surface area contributed by atoms with Crippen molar-refractivity contribution in [1.82, 2.24) is 14.9 Å². The van der Waals surface area contributed by atoms with Gasteiger partial charge in [0.05, 0.1) is 17.9 Å². The molecule has 21 heavy (non-hydrogen) atoms. The van der Waals surface area contributed by atoms with E-state index in [4.69, 9.17) is 0 Å². The summed E-state index contributed by atoms with van der Waals surface area (Å²) >= 11 is 0. The van der Waals surface area contributed by atoms with Crippen LogP contribution in [-0.4, -0.2) is 32.6 Å². The molecule has 0 saturated carbocycles. The zero-order valence-corrected chi connectivity index (χ0v) is 11.8. The highest BCUT2D eigenvalue weighted by molar-refractivity contribution is 5.66. The van der Waals surface area contributed by atoms with Gasteiger partial charge in [0.15, 0.2) is 0 Å². The Labute approximate surface area is 123 Å². The van der Waals surface area contributed by atoms with Crippen LogP contribution < -0.4 is 0 Å². The van der Waals surface area contributed by atoms with Gasteiger partial charge in [-0.1, -0.05) is 31.2 Å². The largest absolute Gasteiger partial charge is 0.465 e. The summed E-state index contributed by atoms with van der Waals surface area (Å²) in [5.74, 6) is 0.0384. The molecular formula is C16H17N3O2. The average molecular weight is 283 g/mol. The molecule has 1 amide bonds. The Morgan fingerprint density at radius 3 is 2.86 bits per heavy atom. The molecule has 1 aliphatic heterocycles. The van der Waals surface area contributed by atoms with Gasteiger partial charge >= 0.3 is 6.09 Å².